The van der Waals surface area contributed by atoms with Crippen molar-refractivity contribution in [1.82, 2.24) is 4.57 Å². The van der Waals surface area contributed by atoms with Crippen molar-refractivity contribution < 1.29 is 0 Å². The molecule has 3 heteroatoms. The Morgan fingerprint density at radius 1 is 0.390 bits per heavy atom. The van der Waals surface area contributed by atoms with Crippen LogP contribution in [0, 0.1) is 27.7 Å². The molecule has 0 fully saturated rings. The number of nitrogens with zero attached hydrogens (tertiary/aromatic N) is 1. The zero-order chi connectivity index (χ0) is 28.3. The zero-order valence-electron chi connectivity index (χ0n) is 24.1. The Morgan fingerprint density at radius 3 is 1.22 bits per heavy atom. The van der Waals surface area contributed by atoms with Gasteiger partial charge in [-0.2, -0.15) is 0 Å². The van der Waals surface area contributed by atoms with Crippen LogP contribution in [0.1, 0.15) is 22.3 Å². The van der Waals surface area contributed by atoms with Crippen LogP contribution in [0.3, 0.4) is 0 Å². The van der Waals surface area contributed by atoms with Gasteiger partial charge in [0.25, 0.3) is 0 Å². The van der Waals surface area contributed by atoms with E-state index in [9.17, 15) is 0 Å². The Balaban J connectivity index is 1.54. The van der Waals surface area contributed by atoms with E-state index in [-0.39, 0.29) is 0 Å². The number of benzene rings is 5. The van der Waals surface area contributed by atoms with Crippen LogP contribution in [-0.4, -0.2) is 4.57 Å². The summed E-state index contributed by atoms with van der Waals surface area (Å²) in [6.45, 7) is 8.65. The Bertz CT molecular complexity index is 1660. The Morgan fingerprint density at radius 2 is 0.780 bits per heavy atom. The fraction of sp³-hybridized carbons (Fsp3) is 0.105. The number of aromatic nitrogens is 1. The van der Waals surface area contributed by atoms with Gasteiger partial charge in [0.1, 0.15) is 0 Å². The first-order chi connectivity index (χ1) is 20.0. The smallest absolute Gasteiger partial charge is 0.0549 e. The summed E-state index contributed by atoms with van der Waals surface area (Å²) in [4.78, 5) is 0. The van der Waals surface area contributed by atoms with Crippen molar-refractivity contribution in [2.75, 3.05) is 0 Å². The van der Waals surface area contributed by atoms with Crippen LogP contribution in [0.5, 0.6) is 0 Å². The van der Waals surface area contributed by atoms with Crippen LogP contribution in [0.2, 0.25) is 0 Å². The van der Waals surface area contributed by atoms with E-state index in [4.69, 9.17) is 0 Å². The Labute approximate surface area is 247 Å². The van der Waals surface area contributed by atoms with Crippen LogP contribution in [0.15, 0.2) is 140 Å². The maximum atomic E-state index is 2.46. The molecule has 6 aromatic rings. The number of hydrogen-bond donors (Lipinski definition) is 0. The molecule has 0 atom stereocenters. The molecular weight excluding hydrogens is 532 g/mol. The van der Waals surface area contributed by atoms with E-state index in [0.717, 1.165) is 0 Å². The summed E-state index contributed by atoms with van der Waals surface area (Å²) in [5, 5.41) is 6.85. The van der Waals surface area contributed by atoms with Gasteiger partial charge in [-0.05, 0) is 75.0 Å². The molecule has 0 aliphatic heterocycles. The van der Waals surface area contributed by atoms with Gasteiger partial charge < -0.3 is 4.57 Å². The van der Waals surface area contributed by atoms with E-state index >= 15 is 0 Å². The first-order valence-corrected chi connectivity index (χ1v) is 16.8. The third kappa shape index (κ3) is 5.85. The van der Waals surface area contributed by atoms with Gasteiger partial charge in [-0.3, -0.25) is 0 Å². The lowest BCUT2D eigenvalue weighted by Gasteiger charge is -2.26. The largest absolute Gasteiger partial charge is 0.316 e. The average Bonchev–Trinajstić information content (AvgIpc) is 3.47. The molecule has 0 radical (unpaired) electrons. The van der Waals surface area contributed by atoms with E-state index in [1.807, 2.05) is 0 Å². The summed E-state index contributed by atoms with van der Waals surface area (Å²) in [5.74, 6) is 0. The maximum absolute atomic E-state index is 2.46. The van der Waals surface area contributed by atoms with Crippen LogP contribution in [-0.2, 0) is 0 Å². The molecule has 5 aromatic carbocycles. The van der Waals surface area contributed by atoms with Crippen molar-refractivity contribution in [3.63, 3.8) is 0 Å². The summed E-state index contributed by atoms with van der Waals surface area (Å²) in [6, 6.07) is 50.0. The van der Waals surface area contributed by atoms with Crippen LogP contribution in [0.25, 0.3) is 5.69 Å². The molecule has 0 N–H and O–H groups in total. The van der Waals surface area contributed by atoms with Crippen LogP contribution in [0.4, 0.5) is 0 Å². The second-order valence-corrected chi connectivity index (χ2v) is 15.1. The maximum Gasteiger partial charge on any atom is 0.0549 e. The van der Waals surface area contributed by atoms with Gasteiger partial charge in [-0.15, -0.1) is 0 Å². The molecule has 0 bridgehead atoms. The summed E-state index contributed by atoms with van der Waals surface area (Å²) in [7, 11) is -1.52. The van der Waals surface area contributed by atoms with Crippen LogP contribution >= 0.6 is 15.8 Å². The number of rotatable bonds is 7. The van der Waals surface area contributed by atoms with Crippen molar-refractivity contribution in [1.29, 1.82) is 0 Å². The molecule has 1 heterocycles. The monoisotopic (exact) mass is 567 g/mol. The fourth-order valence-corrected chi connectivity index (χ4v) is 9.97. The topological polar surface area (TPSA) is 4.93 Å². The molecule has 1 nitrogen and oxygen atoms in total. The molecule has 41 heavy (non-hydrogen) atoms. The fourth-order valence-electron chi connectivity index (χ4n) is 5.23. The molecule has 0 aliphatic rings. The summed E-state index contributed by atoms with van der Waals surface area (Å²) >= 11 is 0. The van der Waals surface area contributed by atoms with Crippen molar-refractivity contribution in [3.05, 3.63) is 162 Å². The lowest BCUT2D eigenvalue weighted by atomic mass is 10.2. The van der Waals surface area contributed by atoms with E-state index in [0.29, 0.717) is 0 Å². The molecule has 0 amide bonds. The van der Waals surface area contributed by atoms with Gasteiger partial charge in [0.15, 0.2) is 0 Å². The second kappa shape index (κ2) is 12.0. The average molecular weight is 568 g/mol. The quantitative estimate of drug-likeness (QED) is 0.180. The molecule has 0 aliphatic carbocycles. The van der Waals surface area contributed by atoms with E-state index < -0.39 is 15.8 Å². The summed E-state index contributed by atoms with van der Waals surface area (Å²) in [5.41, 5.74) is 7.74. The standard InChI is InChI=1S/C38H35NP2/c1-28-11-19-32(20-12-28)40(33-21-13-29(2)14-22-33)37-9-6-5-8-36(37)39-27-7-10-38(39)41(34-23-15-30(3)16-24-34)35-25-17-31(4)18-26-35/h5-27H,1-4H3. The highest BCUT2D eigenvalue weighted by molar-refractivity contribution is 7.80. The highest BCUT2D eigenvalue weighted by Gasteiger charge is 2.24. The molecular formula is C38H35NP2. The number of para-hydroxylation sites is 1. The predicted octanol–water partition coefficient (Wildman–Crippen LogP) is 7.23. The number of aryl methyl sites for hydroxylation is 4. The number of hydrogen-bond acceptors (Lipinski definition) is 0. The molecule has 0 spiro atoms. The highest BCUT2D eigenvalue weighted by atomic mass is 31.1. The molecule has 0 saturated heterocycles. The molecule has 6 rings (SSSR count). The first-order valence-electron chi connectivity index (χ1n) is 14.1. The lowest BCUT2D eigenvalue weighted by Crippen LogP contribution is -2.29. The minimum absolute atomic E-state index is 0.757. The summed E-state index contributed by atoms with van der Waals surface area (Å²) < 4.78 is 2.46. The van der Waals surface area contributed by atoms with Gasteiger partial charge >= 0.3 is 0 Å². The third-order valence-corrected chi connectivity index (χ3v) is 12.4. The Hall–Kier alpha value is -3.76. The molecule has 202 valence electrons. The van der Waals surface area contributed by atoms with Crippen molar-refractivity contribution in [2.24, 2.45) is 0 Å². The van der Waals surface area contributed by atoms with E-state index in [2.05, 4.69) is 172 Å². The molecule has 0 saturated carbocycles. The minimum Gasteiger partial charge on any atom is -0.316 e. The zero-order valence-corrected chi connectivity index (χ0v) is 25.9. The van der Waals surface area contributed by atoms with Gasteiger partial charge in [-0.25, -0.2) is 0 Å². The predicted molar refractivity (Wildman–Crippen MR) is 182 cm³/mol. The van der Waals surface area contributed by atoms with Crippen LogP contribution < -0.4 is 32.0 Å². The van der Waals surface area contributed by atoms with E-state index in [1.165, 1.54) is 59.9 Å². The lowest BCUT2D eigenvalue weighted by molar-refractivity contribution is 1.13. The van der Waals surface area contributed by atoms with Gasteiger partial charge in [0.2, 0.25) is 0 Å². The van der Waals surface area contributed by atoms with Crippen molar-refractivity contribution in [2.45, 2.75) is 27.7 Å². The van der Waals surface area contributed by atoms with Gasteiger partial charge in [0.05, 0.1) is 11.1 Å². The normalized spacial score (nSPS) is 11.4. The van der Waals surface area contributed by atoms with Gasteiger partial charge in [-0.1, -0.05) is 138 Å². The minimum atomic E-state index is -0.759. The third-order valence-electron chi connectivity index (χ3n) is 7.51. The summed E-state index contributed by atoms with van der Waals surface area (Å²) in [6.07, 6.45) is 2.25. The Kier molecular flexibility index (Phi) is 8.02. The first kappa shape index (κ1) is 27.4. The second-order valence-electron chi connectivity index (χ2n) is 10.7. The van der Waals surface area contributed by atoms with E-state index in [1.54, 1.807) is 0 Å². The SMILES string of the molecule is Cc1ccc(P(c2ccc(C)cc2)c2ccccc2-n2cccc2P(c2ccc(C)cc2)c2ccc(C)cc2)cc1. The van der Waals surface area contributed by atoms with Gasteiger partial charge in [0, 0.05) is 19.4 Å². The van der Waals surface area contributed by atoms with Crippen molar-refractivity contribution in [3.8, 4) is 5.69 Å². The van der Waals surface area contributed by atoms with Crippen molar-refractivity contribution >= 4 is 47.8 Å². The highest BCUT2D eigenvalue weighted by Crippen LogP contribution is 2.38. The molecule has 0 unspecified atom stereocenters. The molecule has 1 aromatic heterocycles.